The van der Waals surface area contributed by atoms with Crippen LogP contribution in [-0.4, -0.2) is 28.5 Å². The van der Waals surface area contributed by atoms with E-state index in [4.69, 9.17) is 4.74 Å². The molecule has 0 aliphatic heterocycles. The van der Waals surface area contributed by atoms with Crippen molar-refractivity contribution in [2.45, 2.75) is 39.7 Å². The summed E-state index contributed by atoms with van der Waals surface area (Å²) in [5.74, 6) is 0.338. The van der Waals surface area contributed by atoms with Gasteiger partial charge in [0.1, 0.15) is 5.75 Å². The minimum absolute atomic E-state index is 0.167. The fraction of sp³-hybridized carbons (Fsp3) is 0.304. The lowest BCUT2D eigenvalue weighted by Gasteiger charge is -2.08. The van der Waals surface area contributed by atoms with E-state index in [0.717, 1.165) is 30.6 Å². The van der Waals surface area contributed by atoms with E-state index in [1.54, 1.807) is 37.4 Å². The molecule has 0 atom stereocenters. The van der Waals surface area contributed by atoms with Crippen molar-refractivity contribution in [1.82, 2.24) is 15.2 Å². The molecule has 7 nitrogen and oxygen atoms in total. The van der Waals surface area contributed by atoms with Crippen LogP contribution in [0.15, 0.2) is 58.4 Å². The van der Waals surface area contributed by atoms with E-state index in [2.05, 4.69) is 22.5 Å². The third kappa shape index (κ3) is 5.11. The number of hydrogen-bond acceptors (Lipinski definition) is 5. The predicted octanol–water partition coefficient (Wildman–Crippen LogP) is 3.75. The largest absolute Gasteiger partial charge is 0.494 e. The Morgan fingerprint density at radius 2 is 1.83 bits per heavy atom. The summed E-state index contributed by atoms with van der Waals surface area (Å²) in [4.78, 5) is 25.0. The molecule has 0 spiro atoms. The van der Waals surface area contributed by atoms with Crippen LogP contribution >= 0.6 is 0 Å². The molecule has 0 fully saturated rings. The van der Waals surface area contributed by atoms with Gasteiger partial charge in [0.05, 0.1) is 18.2 Å². The van der Waals surface area contributed by atoms with Crippen LogP contribution in [0.25, 0.3) is 10.8 Å². The molecule has 156 valence electrons. The van der Waals surface area contributed by atoms with E-state index in [1.165, 1.54) is 4.68 Å². The Bertz CT molecular complexity index is 1090. The first kappa shape index (κ1) is 21.2. The number of fused-ring (bicyclic) bond motifs is 1. The second-order valence-corrected chi connectivity index (χ2v) is 6.84. The van der Waals surface area contributed by atoms with Gasteiger partial charge in [-0.25, -0.2) is 10.1 Å². The van der Waals surface area contributed by atoms with Crippen LogP contribution in [0.1, 0.15) is 49.2 Å². The maximum Gasteiger partial charge on any atom is 0.292 e. The van der Waals surface area contributed by atoms with E-state index in [1.807, 2.05) is 24.3 Å². The number of hydrazone groups is 1. The number of nitrogens with one attached hydrogen (secondary N) is 1. The van der Waals surface area contributed by atoms with Crippen molar-refractivity contribution in [3.8, 4) is 5.75 Å². The highest BCUT2D eigenvalue weighted by Crippen LogP contribution is 2.14. The maximum atomic E-state index is 12.6. The molecule has 1 aromatic heterocycles. The zero-order valence-electron chi connectivity index (χ0n) is 17.3. The topological polar surface area (TPSA) is 85.6 Å². The molecule has 3 aromatic rings. The van der Waals surface area contributed by atoms with Crippen molar-refractivity contribution in [1.29, 1.82) is 0 Å². The summed E-state index contributed by atoms with van der Waals surface area (Å²) < 4.78 is 6.96. The normalized spacial score (nSPS) is 11.1. The second kappa shape index (κ2) is 10.3. The lowest BCUT2D eigenvalue weighted by atomic mass is 10.1. The summed E-state index contributed by atoms with van der Waals surface area (Å²) >= 11 is 0. The molecular weight excluding hydrogens is 380 g/mol. The van der Waals surface area contributed by atoms with Gasteiger partial charge in [0.25, 0.3) is 11.5 Å². The molecule has 0 saturated heterocycles. The summed E-state index contributed by atoms with van der Waals surface area (Å²) in [5.41, 5.74) is 3.27. The Hall–Kier alpha value is -3.48. The minimum atomic E-state index is -0.472. The van der Waals surface area contributed by atoms with Gasteiger partial charge in [-0.1, -0.05) is 38.0 Å². The van der Waals surface area contributed by atoms with E-state index in [0.29, 0.717) is 23.9 Å². The number of aromatic nitrogens is 2. The first-order chi connectivity index (χ1) is 14.6. The Labute approximate surface area is 175 Å². The number of hydrogen-bond donors (Lipinski definition) is 1. The van der Waals surface area contributed by atoms with Crippen molar-refractivity contribution in [3.05, 3.63) is 70.1 Å². The summed E-state index contributed by atoms with van der Waals surface area (Å²) in [5, 5.41) is 9.19. The van der Waals surface area contributed by atoms with Gasteiger partial charge in [0.15, 0.2) is 5.69 Å². The zero-order valence-corrected chi connectivity index (χ0v) is 17.3. The number of aryl methyl sites for hydroxylation is 1. The summed E-state index contributed by atoms with van der Waals surface area (Å²) in [7, 11) is 0. The Morgan fingerprint density at radius 3 is 2.53 bits per heavy atom. The molecule has 0 radical (unpaired) electrons. The molecule has 0 saturated carbocycles. The van der Waals surface area contributed by atoms with Gasteiger partial charge in [-0.05, 0) is 49.2 Å². The molecule has 0 aliphatic carbocycles. The third-order valence-corrected chi connectivity index (χ3v) is 4.66. The first-order valence-corrected chi connectivity index (χ1v) is 10.2. The molecule has 2 aromatic carbocycles. The lowest BCUT2D eigenvalue weighted by Crippen LogP contribution is -2.28. The van der Waals surface area contributed by atoms with Gasteiger partial charge in [-0.15, -0.1) is 0 Å². The number of rotatable bonds is 9. The first-order valence-electron chi connectivity index (χ1n) is 10.2. The second-order valence-electron chi connectivity index (χ2n) is 6.84. The van der Waals surface area contributed by atoms with Crippen molar-refractivity contribution >= 4 is 22.9 Å². The van der Waals surface area contributed by atoms with Gasteiger partial charge in [0, 0.05) is 11.9 Å². The molecule has 1 heterocycles. The van der Waals surface area contributed by atoms with Crippen molar-refractivity contribution in [2.75, 3.05) is 6.61 Å². The van der Waals surface area contributed by atoms with Crippen LogP contribution in [0, 0.1) is 0 Å². The van der Waals surface area contributed by atoms with Crippen molar-refractivity contribution in [3.63, 3.8) is 0 Å². The van der Waals surface area contributed by atoms with E-state index >= 15 is 0 Å². The third-order valence-electron chi connectivity index (χ3n) is 4.66. The standard InChI is InChI=1S/C23H26N4O3/c1-3-5-8-15-30-18-13-11-17(12-14-18)16-24-25-22(28)21-19-9-6-7-10-20(19)23(29)27(4-2)26-21/h6-7,9-14,16H,3-5,8,15H2,1-2H3,(H,25,28)/b24-16+. The average molecular weight is 406 g/mol. The molecular formula is C23H26N4O3. The lowest BCUT2D eigenvalue weighted by molar-refractivity contribution is 0.0949. The number of carbonyl (C=O) groups excluding carboxylic acids is 1. The summed E-state index contributed by atoms with van der Waals surface area (Å²) in [6.07, 6.45) is 4.91. The molecule has 0 aliphatic rings. The van der Waals surface area contributed by atoms with Crippen molar-refractivity contribution < 1.29 is 9.53 Å². The molecule has 7 heteroatoms. The molecule has 0 bridgehead atoms. The quantitative estimate of drug-likeness (QED) is 0.333. The van der Waals surface area contributed by atoms with Gasteiger partial charge in [-0.3, -0.25) is 9.59 Å². The SMILES string of the molecule is CCCCCOc1ccc(/C=N/NC(=O)c2nn(CC)c(=O)c3ccccc23)cc1. The molecule has 0 unspecified atom stereocenters. The van der Waals surface area contributed by atoms with Crippen LogP contribution in [0.2, 0.25) is 0 Å². The van der Waals surface area contributed by atoms with Gasteiger partial charge >= 0.3 is 0 Å². The average Bonchev–Trinajstić information content (AvgIpc) is 2.78. The van der Waals surface area contributed by atoms with Gasteiger partial charge in [-0.2, -0.15) is 10.2 Å². The van der Waals surface area contributed by atoms with Crippen LogP contribution in [0.3, 0.4) is 0 Å². The van der Waals surface area contributed by atoms with E-state index in [-0.39, 0.29) is 11.3 Å². The number of amides is 1. The zero-order chi connectivity index (χ0) is 21.3. The Kier molecular flexibility index (Phi) is 7.32. The highest BCUT2D eigenvalue weighted by atomic mass is 16.5. The molecule has 30 heavy (non-hydrogen) atoms. The fourth-order valence-corrected chi connectivity index (χ4v) is 3.03. The number of benzene rings is 2. The number of ether oxygens (including phenoxy) is 1. The fourth-order valence-electron chi connectivity index (χ4n) is 3.03. The Balaban J connectivity index is 1.68. The summed E-state index contributed by atoms with van der Waals surface area (Å²) in [6, 6.07) is 14.4. The van der Waals surface area contributed by atoms with Crippen molar-refractivity contribution in [2.24, 2.45) is 5.10 Å². The predicted molar refractivity (Wildman–Crippen MR) is 118 cm³/mol. The van der Waals surface area contributed by atoms with Crippen LogP contribution in [0.4, 0.5) is 0 Å². The van der Waals surface area contributed by atoms with Crippen LogP contribution in [-0.2, 0) is 6.54 Å². The van der Waals surface area contributed by atoms with Gasteiger partial charge < -0.3 is 4.74 Å². The maximum absolute atomic E-state index is 12.6. The van der Waals surface area contributed by atoms with Gasteiger partial charge in [0.2, 0.25) is 0 Å². The number of carbonyl (C=O) groups is 1. The monoisotopic (exact) mass is 406 g/mol. The molecule has 3 rings (SSSR count). The molecule has 1 amide bonds. The van der Waals surface area contributed by atoms with E-state index in [9.17, 15) is 9.59 Å². The van der Waals surface area contributed by atoms with Crippen LogP contribution < -0.4 is 15.7 Å². The highest BCUT2D eigenvalue weighted by molar-refractivity contribution is 6.04. The Morgan fingerprint density at radius 1 is 1.10 bits per heavy atom. The smallest absolute Gasteiger partial charge is 0.292 e. The summed E-state index contributed by atoms with van der Waals surface area (Å²) in [6.45, 7) is 5.05. The highest BCUT2D eigenvalue weighted by Gasteiger charge is 2.15. The number of unbranched alkanes of at least 4 members (excludes halogenated alkanes) is 2. The van der Waals surface area contributed by atoms with E-state index < -0.39 is 5.91 Å². The van der Waals surface area contributed by atoms with Crippen LogP contribution in [0.5, 0.6) is 5.75 Å². The molecule has 1 N–H and O–H groups in total. The number of nitrogens with zero attached hydrogens (tertiary/aromatic N) is 3. The minimum Gasteiger partial charge on any atom is -0.494 e.